The Morgan fingerprint density at radius 1 is 1.73 bits per heavy atom. The number of rotatable bonds is 4. The smallest absolute Gasteiger partial charge is 0.0940 e. The number of hydrogen-bond donors (Lipinski definition) is 1. The van der Waals surface area contributed by atoms with Crippen LogP contribution in [0.1, 0.15) is 18.4 Å². The summed E-state index contributed by atoms with van der Waals surface area (Å²) < 4.78 is 5.61. The monoisotopic (exact) mass is 226 g/mol. The molecule has 3 nitrogen and oxygen atoms in total. The third-order valence-corrected chi connectivity index (χ3v) is 3.85. The van der Waals surface area contributed by atoms with Crippen molar-refractivity contribution in [1.82, 2.24) is 10.3 Å². The molecular weight excluding hydrogens is 208 g/mol. The first kappa shape index (κ1) is 11.0. The van der Waals surface area contributed by atoms with Crippen LogP contribution >= 0.6 is 11.3 Å². The molecule has 2 rings (SSSR count). The molecule has 15 heavy (non-hydrogen) atoms. The van der Waals surface area contributed by atoms with Crippen molar-refractivity contribution in [2.75, 3.05) is 13.7 Å². The van der Waals surface area contributed by atoms with E-state index in [1.54, 1.807) is 11.3 Å². The molecule has 3 unspecified atom stereocenters. The van der Waals surface area contributed by atoms with Crippen LogP contribution in [-0.2, 0) is 11.2 Å². The molecule has 84 valence electrons. The van der Waals surface area contributed by atoms with Gasteiger partial charge in [0.15, 0.2) is 0 Å². The van der Waals surface area contributed by atoms with E-state index in [2.05, 4.69) is 17.2 Å². The Hall–Kier alpha value is -0.450. The van der Waals surface area contributed by atoms with Gasteiger partial charge in [-0.1, -0.05) is 0 Å². The summed E-state index contributed by atoms with van der Waals surface area (Å²) in [5.74, 6) is 0.633. The van der Waals surface area contributed by atoms with Crippen molar-refractivity contribution in [1.29, 1.82) is 0 Å². The van der Waals surface area contributed by atoms with Gasteiger partial charge in [-0.15, -0.1) is 11.3 Å². The molecule has 1 aliphatic heterocycles. The third kappa shape index (κ3) is 2.77. The number of nitrogens with one attached hydrogen (secondary N) is 1. The highest BCUT2D eigenvalue weighted by Gasteiger charge is 2.29. The summed E-state index contributed by atoms with van der Waals surface area (Å²) in [6.07, 6.45) is 4.48. The second-order valence-corrected chi connectivity index (χ2v) is 5.14. The minimum Gasteiger partial charge on any atom is -0.378 e. The van der Waals surface area contributed by atoms with Crippen LogP contribution in [0.4, 0.5) is 0 Å². The van der Waals surface area contributed by atoms with E-state index in [0.29, 0.717) is 18.1 Å². The summed E-state index contributed by atoms with van der Waals surface area (Å²) in [6.45, 7) is 3.04. The van der Waals surface area contributed by atoms with E-state index in [1.807, 2.05) is 18.6 Å². The lowest BCUT2D eigenvalue weighted by Gasteiger charge is -2.20. The highest BCUT2D eigenvalue weighted by atomic mass is 32.1. The van der Waals surface area contributed by atoms with Crippen molar-refractivity contribution in [3.63, 3.8) is 0 Å². The Balaban J connectivity index is 1.92. The van der Waals surface area contributed by atoms with Crippen LogP contribution in [0.25, 0.3) is 0 Å². The Morgan fingerprint density at radius 2 is 2.60 bits per heavy atom. The van der Waals surface area contributed by atoms with Crippen LogP contribution in [0.2, 0.25) is 0 Å². The van der Waals surface area contributed by atoms with Crippen molar-refractivity contribution in [3.8, 4) is 0 Å². The number of nitrogens with zero attached hydrogens (tertiary/aromatic N) is 1. The van der Waals surface area contributed by atoms with Crippen LogP contribution in [0.3, 0.4) is 0 Å². The molecule has 1 aromatic rings. The second-order valence-electron chi connectivity index (χ2n) is 4.16. The molecule has 0 bridgehead atoms. The molecular formula is C11H18N2OS. The first-order valence-corrected chi connectivity index (χ1v) is 6.34. The van der Waals surface area contributed by atoms with Crippen LogP contribution in [-0.4, -0.2) is 30.8 Å². The predicted molar refractivity (Wildman–Crippen MR) is 62.2 cm³/mol. The summed E-state index contributed by atoms with van der Waals surface area (Å²) >= 11 is 1.73. The fourth-order valence-electron chi connectivity index (χ4n) is 2.18. The van der Waals surface area contributed by atoms with Gasteiger partial charge in [0, 0.05) is 30.0 Å². The molecule has 3 atom stereocenters. The van der Waals surface area contributed by atoms with Gasteiger partial charge in [0.2, 0.25) is 0 Å². The highest BCUT2D eigenvalue weighted by molar-refractivity contribution is 7.09. The molecule has 1 aromatic heterocycles. The Labute approximate surface area is 94.9 Å². The zero-order valence-corrected chi connectivity index (χ0v) is 10.1. The SMILES string of the molecule is CNC(Cc1nccs1)C1COC(C)C1. The Morgan fingerprint density at radius 3 is 3.13 bits per heavy atom. The molecule has 1 saturated heterocycles. The van der Waals surface area contributed by atoms with E-state index in [-0.39, 0.29) is 0 Å². The number of hydrogen-bond acceptors (Lipinski definition) is 4. The topological polar surface area (TPSA) is 34.2 Å². The van der Waals surface area contributed by atoms with Crippen LogP contribution < -0.4 is 5.32 Å². The van der Waals surface area contributed by atoms with Gasteiger partial charge >= 0.3 is 0 Å². The molecule has 0 radical (unpaired) electrons. The van der Waals surface area contributed by atoms with Crippen molar-refractivity contribution in [2.24, 2.45) is 5.92 Å². The third-order valence-electron chi connectivity index (χ3n) is 3.05. The standard InChI is InChI=1S/C11H18N2OS/c1-8-5-9(7-14-8)10(12-2)6-11-13-3-4-15-11/h3-4,8-10,12H,5-7H2,1-2H3. The van der Waals surface area contributed by atoms with Gasteiger partial charge in [0.1, 0.15) is 0 Å². The minimum absolute atomic E-state index is 0.419. The molecule has 0 aliphatic carbocycles. The van der Waals surface area contributed by atoms with E-state index in [4.69, 9.17) is 4.74 Å². The Bertz CT molecular complexity index is 289. The van der Waals surface area contributed by atoms with E-state index < -0.39 is 0 Å². The van der Waals surface area contributed by atoms with Gasteiger partial charge < -0.3 is 10.1 Å². The largest absolute Gasteiger partial charge is 0.378 e. The molecule has 2 heterocycles. The maximum absolute atomic E-state index is 5.61. The molecule has 0 saturated carbocycles. The molecule has 1 aliphatic rings. The average molecular weight is 226 g/mol. The van der Waals surface area contributed by atoms with E-state index in [1.165, 1.54) is 5.01 Å². The van der Waals surface area contributed by atoms with Crippen LogP contribution in [0.5, 0.6) is 0 Å². The van der Waals surface area contributed by atoms with Gasteiger partial charge in [0.25, 0.3) is 0 Å². The summed E-state index contributed by atoms with van der Waals surface area (Å²) in [5.41, 5.74) is 0. The first-order valence-electron chi connectivity index (χ1n) is 5.47. The van der Waals surface area contributed by atoms with E-state index >= 15 is 0 Å². The normalized spacial score (nSPS) is 28.1. The maximum Gasteiger partial charge on any atom is 0.0940 e. The zero-order chi connectivity index (χ0) is 10.7. The predicted octanol–water partition coefficient (Wildman–Crippen LogP) is 1.70. The van der Waals surface area contributed by atoms with Crippen molar-refractivity contribution in [3.05, 3.63) is 16.6 Å². The maximum atomic E-state index is 5.61. The van der Waals surface area contributed by atoms with Crippen molar-refractivity contribution >= 4 is 11.3 Å². The van der Waals surface area contributed by atoms with E-state index in [0.717, 1.165) is 19.4 Å². The number of ether oxygens (including phenoxy) is 1. The minimum atomic E-state index is 0.419. The van der Waals surface area contributed by atoms with E-state index in [9.17, 15) is 0 Å². The van der Waals surface area contributed by atoms with Gasteiger partial charge in [-0.2, -0.15) is 0 Å². The average Bonchev–Trinajstić information content (AvgIpc) is 2.85. The fourth-order valence-corrected chi connectivity index (χ4v) is 2.85. The zero-order valence-electron chi connectivity index (χ0n) is 9.27. The highest BCUT2D eigenvalue weighted by Crippen LogP contribution is 2.24. The number of thiazole rings is 1. The molecule has 1 fully saturated rings. The molecule has 0 spiro atoms. The Kier molecular flexibility index (Phi) is 3.72. The lowest BCUT2D eigenvalue weighted by molar-refractivity contribution is 0.117. The summed E-state index contributed by atoms with van der Waals surface area (Å²) in [4.78, 5) is 4.33. The second kappa shape index (κ2) is 5.05. The van der Waals surface area contributed by atoms with Gasteiger partial charge in [0.05, 0.1) is 17.7 Å². The van der Waals surface area contributed by atoms with Gasteiger partial charge in [-0.05, 0) is 20.4 Å². The number of aromatic nitrogens is 1. The first-order chi connectivity index (χ1) is 7.29. The lowest BCUT2D eigenvalue weighted by Crippen LogP contribution is -2.36. The number of likely N-dealkylation sites (N-methyl/N-ethyl adjacent to an activating group) is 1. The molecule has 1 N–H and O–H groups in total. The van der Waals surface area contributed by atoms with Crippen LogP contribution in [0, 0.1) is 5.92 Å². The molecule has 0 amide bonds. The summed E-state index contributed by atoms with van der Waals surface area (Å²) in [6, 6.07) is 0.501. The molecule has 0 aromatic carbocycles. The van der Waals surface area contributed by atoms with Crippen molar-refractivity contribution in [2.45, 2.75) is 31.9 Å². The fraction of sp³-hybridized carbons (Fsp3) is 0.727. The summed E-state index contributed by atoms with van der Waals surface area (Å²) in [5, 5.41) is 6.64. The lowest BCUT2D eigenvalue weighted by atomic mass is 9.95. The molecule has 4 heteroatoms. The van der Waals surface area contributed by atoms with Crippen molar-refractivity contribution < 1.29 is 4.74 Å². The van der Waals surface area contributed by atoms with Gasteiger partial charge in [-0.3, -0.25) is 0 Å². The van der Waals surface area contributed by atoms with Gasteiger partial charge in [-0.25, -0.2) is 4.98 Å². The van der Waals surface area contributed by atoms with Crippen LogP contribution in [0.15, 0.2) is 11.6 Å². The summed E-state index contributed by atoms with van der Waals surface area (Å²) in [7, 11) is 2.03. The quantitative estimate of drug-likeness (QED) is 0.848.